The summed E-state index contributed by atoms with van der Waals surface area (Å²) in [4.78, 5) is 27.4. The Morgan fingerprint density at radius 1 is 1.19 bits per heavy atom. The predicted octanol–water partition coefficient (Wildman–Crippen LogP) is 5.14. The van der Waals surface area contributed by atoms with Crippen molar-refractivity contribution in [3.63, 3.8) is 0 Å². The topological polar surface area (TPSA) is 67.9 Å². The minimum Gasteiger partial charge on any atom is -0.490 e. The Kier molecular flexibility index (Phi) is 6.30. The number of nitrogens with zero attached hydrogens (tertiary/aromatic N) is 1. The average Bonchev–Trinajstić information content (AvgIpc) is 3.55. The molecule has 1 aliphatic heterocycles. The molecule has 170 valence electrons. The van der Waals surface area contributed by atoms with Crippen LogP contribution in [0.5, 0.6) is 11.5 Å². The minimum atomic E-state index is -2.96. The summed E-state index contributed by atoms with van der Waals surface area (Å²) in [6.07, 6.45) is 2.38. The molecule has 32 heavy (non-hydrogen) atoms. The molecule has 4 rings (SSSR count). The zero-order chi connectivity index (χ0) is 22.8. The van der Waals surface area contributed by atoms with Crippen molar-refractivity contribution in [3.05, 3.63) is 53.1 Å². The van der Waals surface area contributed by atoms with E-state index in [1.54, 1.807) is 30.0 Å². The van der Waals surface area contributed by atoms with Crippen molar-refractivity contribution in [2.24, 2.45) is 5.92 Å². The highest BCUT2D eigenvalue weighted by atomic mass is 19.3. The van der Waals surface area contributed by atoms with Gasteiger partial charge < -0.3 is 19.7 Å². The highest BCUT2D eigenvalue weighted by Gasteiger charge is 2.36. The minimum absolute atomic E-state index is 0.0350. The first-order valence-electron chi connectivity index (χ1n) is 10.9. The molecule has 1 unspecified atom stereocenters. The van der Waals surface area contributed by atoms with Gasteiger partial charge in [0.2, 0.25) is 5.91 Å². The summed E-state index contributed by atoms with van der Waals surface area (Å²) in [5, 5.41) is 2.91. The van der Waals surface area contributed by atoms with Gasteiger partial charge in [-0.1, -0.05) is 25.1 Å². The second-order valence-electron chi connectivity index (χ2n) is 7.98. The molecule has 0 aromatic heterocycles. The van der Waals surface area contributed by atoms with Crippen molar-refractivity contribution < 1.29 is 27.8 Å². The molecule has 2 aliphatic rings. The van der Waals surface area contributed by atoms with Crippen LogP contribution in [0.1, 0.15) is 60.6 Å². The lowest BCUT2D eigenvalue weighted by Crippen LogP contribution is -2.29. The highest BCUT2D eigenvalue weighted by Crippen LogP contribution is 2.40. The van der Waals surface area contributed by atoms with Gasteiger partial charge in [-0.25, -0.2) is 0 Å². The van der Waals surface area contributed by atoms with E-state index in [2.05, 4.69) is 10.1 Å². The van der Waals surface area contributed by atoms with Crippen molar-refractivity contribution in [2.75, 3.05) is 11.9 Å². The van der Waals surface area contributed by atoms with Gasteiger partial charge in [-0.05, 0) is 55.5 Å². The van der Waals surface area contributed by atoms with Crippen molar-refractivity contribution in [2.45, 2.75) is 52.3 Å². The molecular weight excluding hydrogens is 418 g/mol. The Morgan fingerprint density at radius 2 is 1.97 bits per heavy atom. The predicted molar refractivity (Wildman–Crippen MR) is 115 cm³/mol. The van der Waals surface area contributed by atoms with E-state index in [0.29, 0.717) is 24.2 Å². The van der Waals surface area contributed by atoms with E-state index >= 15 is 0 Å². The number of benzene rings is 2. The van der Waals surface area contributed by atoms with Gasteiger partial charge in [0.25, 0.3) is 5.91 Å². The molecule has 1 aliphatic carbocycles. The van der Waals surface area contributed by atoms with Crippen LogP contribution in [0.4, 0.5) is 14.5 Å². The Balaban J connectivity index is 1.61. The Labute approximate surface area is 185 Å². The molecule has 2 amide bonds. The van der Waals surface area contributed by atoms with Crippen LogP contribution in [0.2, 0.25) is 0 Å². The molecule has 0 bridgehead atoms. The third kappa shape index (κ3) is 4.40. The van der Waals surface area contributed by atoms with Gasteiger partial charge in [0.05, 0.1) is 23.9 Å². The largest absolute Gasteiger partial charge is 0.490 e. The molecule has 0 saturated heterocycles. The van der Waals surface area contributed by atoms with Crippen molar-refractivity contribution in [3.8, 4) is 11.5 Å². The lowest BCUT2D eigenvalue weighted by Gasteiger charge is -2.28. The van der Waals surface area contributed by atoms with Gasteiger partial charge >= 0.3 is 6.61 Å². The van der Waals surface area contributed by atoms with Gasteiger partial charge in [0.1, 0.15) is 0 Å². The van der Waals surface area contributed by atoms with Crippen molar-refractivity contribution in [1.82, 2.24) is 4.90 Å². The number of ether oxygens (including phenoxy) is 2. The number of carbonyl (C=O) groups excluding carboxylic acids is 2. The van der Waals surface area contributed by atoms with E-state index in [4.69, 9.17) is 4.74 Å². The molecule has 1 saturated carbocycles. The summed E-state index contributed by atoms with van der Waals surface area (Å²) in [6, 6.07) is 9.97. The monoisotopic (exact) mass is 444 g/mol. The molecule has 8 heteroatoms. The van der Waals surface area contributed by atoms with E-state index in [1.807, 2.05) is 19.1 Å². The van der Waals surface area contributed by atoms with Crippen molar-refractivity contribution in [1.29, 1.82) is 0 Å². The first-order valence-corrected chi connectivity index (χ1v) is 10.9. The fourth-order valence-corrected chi connectivity index (χ4v) is 4.15. The third-order valence-electron chi connectivity index (χ3n) is 5.80. The van der Waals surface area contributed by atoms with Gasteiger partial charge in [-0.2, -0.15) is 8.78 Å². The Bertz CT molecular complexity index is 1020. The molecule has 1 heterocycles. The van der Waals surface area contributed by atoms with Gasteiger partial charge in [0.15, 0.2) is 11.5 Å². The Hall–Kier alpha value is -3.16. The lowest BCUT2D eigenvalue weighted by molar-refractivity contribution is -0.117. The van der Waals surface area contributed by atoms with Crippen LogP contribution >= 0.6 is 0 Å². The maximum atomic E-state index is 13.4. The molecule has 6 nitrogen and oxygen atoms in total. The first kappa shape index (κ1) is 22.0. The fraction of sp³-hybridized carbons (Fsp3) is 0.417. The van der Waals surface area contributed by atoms with Crippen LogP contribution in [-0.4, -0.2) is 29.9 Å². The first-order chi connectivity index (χ1) is 15.4. The number of alkyl halides is 2. The van der Waals surface area contributed by atoms with E-state index in [1.165, 1.54) is 6.07 Å². The molecule has 2 aromatic rings. The van der Waals surface area contributed by atoms with Crippen LogP contribution in [0.25, 0.3) is 0 Å². The van der Waals surface area contributed by atoms with Crippen LogP contribution in [0, 0.1) is 5.92 Å². The van der Waals surface area contributed by atoms with E-state index in [-0.39, 0.29) is 41.9 Å². The van der Waals surface area contributed by atoms with E-state index < -0.39 is 6.61 Å². The number of nitrogens with one attached hydrogen (secondary N) is 1. The number of halogens is 2. The van der Waals surface area contributed by atoms with E-state index in [9.17, 15) is 18.4 Å². The maximum Gasteiger partial charge on any atom is 0.387 e. The molecule has 1 atom stereocenters. The highest BCUT2D eigenvalue weighted by molar-refractivity contribution is 6.07. The zero-order valence-electron chi connectivity index (χ0n) is 18.1. The molecule has 1 fully saturated rings. The Morgan fingerprint density at radius 3 is 2.62 bits per heavy atom. The number of hydrogen-bond donors (Lipinski definition) is 1. The normalized spacial score (nSPS) is 16.2. The van der Waals surface area contributed by atoms with Crippen molar-refractivity contribution >= 4 is 17.5 Å². The summed E-state index contributed by atoms with van der Waals surface area (Å²) in [7, 11) is 0. The van der Waals surface area contributed by atoms with Gasteiger partial charge in [0, 0.05) is 12.5 Å². The molecular formula is C24H26F2N2O4. The SMILES string of the molecule is CCOc1cc(C(CC)N2Cc3cccc(NC(=O)C4CC4)c3C2=O)ccc1OC(F)F. The summed E-state index contributed by atoms with van der Waals surface area (Å²) < 4.78 is 35.5. The standard InChI is InChI=1S/C24H26F2N2O4/c1-3-18(15-10-11-19(32-24(25)26)20(12-15)31-4-2)28-13-16-6-5-7-17(21(16)23(28)30)27-22(29)14-8-9-14/h5-7,10-12,14,18,24H,3-4,8-9,13H2,1-2H3,(H,27,29). The number of carbonyl (C=O) groups is 2. The maximum absolute atomic E-state index is 13.4. The summed E-state index contributed by atoms with van der Waals surface area (Å²) >= 11 is 0. The molecule has 2 aromatic carbocycles. The smallest absolute Gasteiger partial charge is 0.387 e. The number of fused-ring (bicyclic) bond motifs is 1. The van der Waals surface area contributed by atoms with Crippen LogP contribution in [0.15, 0.2) is 36.4 Å². The molecule has 0 spiro atoms. The number of anilines is 1. The molecule has 1 N–H and O–H groups in total. The second-order valence-corrected chi connectivity index (χ2v) is 7.98. The fourth-order valence-electron chi connectivity index (χ4n) is 4.15. The van der Waals surface area contributed by atoms with E-state index in [0.717, 1.165) is 24.0 Å². The average molecular weight is 444 g/mol. The molecule has 0 radical (unpaired) electrons. The van der Waals surface area contributed by atoms with Crippen LogP contribution < -0.4 is 14.8 Å². The lowest BCUT2D eigenvalue weighted by atomic mass is 10.0. The number of hydrogen-bond acceptors (Lipinski definition) is 4. The number of rotatable bonds is 9. The zero-order valence-corrected chi connectivity index (χ0v) is 18.1. The third-order valence-corrected chi connectivity index (χ3v) is 5.80. The van der Waals surface area contributed by atoms with Crippen LogP contribution in [0.3, 0.4) is 0 Å². The van der Waals surface area contributed by atoms with Gasteiger partial charge in [-0.3, -0.25) is 9.59 Å². The quantitative estimate of drug-likeness (QED) is 0.581. The summed E-state index contributed by atoms with van der Waals surface area (Å²) in [5.74, 6) is -0.00301. The summed E-state index contributed by atoms with van der Waals surface area (Å²) in [5.41, 5.74) is 2.67. The summed E-state index contributed by atoms with van der Waals surface area (Å²) in [6.45, 7) is 1.45. The van der Waals surface area contributed by atoms with Gasteiger partial charge in [-0.15, -0.1) is 0 Å². The van der Waals surface area contributed by atoms with Crippen LogP contribution in [-0.2, 0) is 11.3 Å². The number of amides is 2. The second kappa shape index (κ2) is 9.14.